The standard InChI is InChI=1S/C8H5Cl3O2/c9-5-2-1-4(3-6(5)10)7(12)8(11)13/h1-3,7,12H. The molecular weight excluding hydrogens is 234 g/mol. The first-order valence-corrected chi connectivity index (χ1v) is 4.48. The Hall–Kier alpha value is -0.280. The van der Waals surface area contributed by atoms with E-state index in [0.29, 0.717) is 10.6 Å². The fourth-order valence-electron chi connectivity index (χ4n) is 0.813. The molecule has 0 aliphatic heterocycles. The van der Waals surface area contributed by atoms with Crippen LogP contribution in [0.1, 0.15) is 11.7 Å². The second-order valence-corrected chi connectivity index (χ2v) is 3.57. The third kappa shape index (κ3) is 2.58. The molecule has 1 aromatic carbocycles. The van der Waals surface area contributed by atoms with E-state index < -0.39 is 11.3 Å². The molecule has 13 heavy (non-hydrogen) atoms. The second kappa shape index (κ2) is 4.29. The van der Waals surface area contributed by atoms with Crippen LogP contribution in [0.5, 0.6) is 0 Å². The Morgan fingerprint density at radius 2 is 1.92 bits per heavy atom. The maximum absolute atomic E-state index is 10.6. The molecule has 1 aromatic rings. The van der Waals surface area contributed by atoms with Gasteiger partial charge in [-0.2, -0.15) is 0 Å². The van der Waals surface area contributed by atoms with Crippen molar-refractivity contribution in [3.63, 3.8) is 0 Å². The van der Waals surface area contributed by atoms with Gasteiger partial charge in [0, 0.05) is 0 Å². The van der Waals surface area contributed by atoms with Crippen LogP contribution in [0.3, 0.4) is 0 Å². The van der Waals surface area contributed by atoms with Crippen LogP contribution in [0, 0.1) is 0 Å². The third-order valence-electron chi connectivity index (χ3n) is 1.47. The minimum atomic E-state index is -1.35. The van der Waals surface area contributed by atoms with E-state index in [4.69, 9.17) is 34.8 Å². The highest BCUT2D eigenvalue weighted by atomic mass is 35.5. The van der Waals surface area contributed by atoms with Crippen LogP contribution in [-0.4, -0.2) is 10.3 Å². The van der Waals surface area contributed by atoms with E-state index in [1.807, 2.05) is 0 Å². The van der Waals surface area contributed by atoms with E-state index in [2.05, 4.69) is 0 Å². The summed E-state index contributed by atoms with van der Waals surface area (Å²) in [7, 11) is 0. The van der Waals surface area contributed by atoms with Crippen molar-refractivity contribution in [2.75, 3.05) is 0 Å². The smallest absolute Gasteiger partial charge is 0.254 e. The molecule has 0 fully saturated rings. The molecule has 1 rings (SSSR count). The van der Waals surface area contributed by atoms with Crippen molar-refractivity contribution in [1.29, 1.82) is 0 Å². The average Bonchev–Trinajstić information content (AvgIpc) is 2.08. The normalized spacial score (nSPS) is 12.6. The number of benzene rings is 1. The molecule has 0 aliphatic carbocycles. The third-order valence-corrected chi connectivity index (χ3v) is 2.42. The van der Waals surface area contributed by atoms with Crippen LogP contribution < -0.4 is 0 Å². The van der Waals surface area contributed by atoms with E-state index in [9.17, 15) is 9.90 Å². The van der Waals surface area contributed by atoms with Gasteiger partial charge >= 0.3 is 0 Å². The fourth-order valence-corrected chi connectivity index (χ4v) is 1.25. The van der Waals surface area contributed by atoms with Crippen LogP contribution in [0.25, 0.3) is 0 Å². The van der Waals surface area contributed by atoms with E-state index in [-0.39, 0.29) is 5.02 Å². The van der Waals surface area contributed by atoms with Gasteiger partial charge in [0.15, 0.2) is 6.10 Å². The molecule has 0 spiro atoms. The van der Waals surface area contributed by atoms with E-state index in [0.717, 1.165) is 0 Å². The van der Waals surface area contributed by atoms with Gasteiger partial charge in [-0.25, -0.2) is 0 Å². The van der Waals surface area contributed by atoms with Gasteiger partial charge in [-0.05, 0) is 29.3 Å². The highest BCUT2D eigenvalue weighted by Gasteiger charge is 2.15. The number of carbonyl (C=O) groups excluding carboxylic acids is 1. The molecule has 0 bridgehead atoms. The van der Waals surface area contributed by atoms with Gasteiger partial charge in [-0.3, -0.25) is 4.79 Å². The molecule has 1 unspecified atom stereocenters. The molecule has 1 N–H and O–H groups in total. The highest BCUT2D eigenvalue weighted by molar-refractivity contribution is 6.64. The summed E-state index contributed by atoms with van der Waals surface area (Å²) in [5, 5.41) is 9.02. The van der Waals surface area contributed by atoms with Crippen molar-refractivity contribution in [3.8, 4) is 0 Å². The molecule has 1 atom stereocenters. The largest absolute Gasteiger partial charge is 0.379 e. The number of aliphatic hydroxyl groups excluding tert-OH is 1. The Morgan fingerprint density at radius 1 is 1.31 bits per heavy atom. The molecule has 5 heteroatoms. The number of aliphatic hydroxyl groups is 1. The first-order chi connectivity index (χ1) is 6.02. The van der Waals surface area contributed by atoms with Gasteiger partial charge in [0.25, 0.3) is 5.24 Å². The second-order valence-electron chi connectivity index (χ2n) is 2.38. The van der Waals surface area contributed by atoms with Crippen LogP contribution in [0.2, 0.25) is 10.0 Å². The molecule has 0 aliphatic rings. The Kier molecular flexibility index (Phi) is 3.56. The number of hydrogen-bond donors (Lipinski definition) is 1. The fraction of sp³-hybridized carbons (Fsp3) is 0.125. The maximum Gasteiger partial charge on any atom is 0.254 e. The minimum absolute atomic E-state index is 0.274. The van der Waals surface area contributed by atoms with Crippen molar-refractivity contribution < 1.29 is 9.90 Å². The predicted octanol–water partition coefficient (Wildman–Crippen LogP) is 2.79. The zero-order chi connectivity index (χ0) is 10.0. The summed E-state index contributed by atoms with van der Waals surface area (Å²) in [5.41, 5.74) is 0.328. The molecule has 0 heterocycles. The summed E-state index contributed by atoms with van der Waals surface area (Å²) in [4.78, 5) is 10.6. The Balaban J connectivity index is 3.03. The zero-order valence-corrected chi connectivity index (χ0v) is 8.57. The van der Waals surface area contributed by atoms with Crippen molar-refractivity contribution in [2.24, 2.45) is 0 Å². The van der Waals surface area contributed by atoms with Crippen LogP contribution in [-0.2, 0) is 4.79 Å². The quantitative estimate of drug-likeness (QED) is 0.806. The summed E-state index contributed by atoms with van der Waals surface area (Å²) < 4.78 is 0. The predicted molar refractivity (Wildman–Crippen MR) is 52.3 cm³/mol. The van der Waals surface area contributed by atoms with Gasteiger partial charge in [0.1, 0.15) is 0 Å². The number of halogens is 3. The van der Waals surface area contributed by atoms with Gasteiger partial charge in [0.2, 0.25) is 0 Å². The average molecular weight is 239 g/mol. The van der Waals surface area contributed by atoms with Crippen LogP contribution in [0.15, 0.2) is 18.2 Å². The SMILES string of the molecule is O=C(Cl)C(O)c1ccc(Cl)c(Cl)c1. The van der Waals surface area contributed by atoms with Gasteiger partial charge in [-0.15, -0.1) is 0 Å². The Labute approximate surface area is 90.0 Å². The summed E-state index contributed by atoms with van der Waals surface area (Å²) >= 11 is 16.4. The Morgan fingerprint density at radius 3 is 2.38 bits per heavy atom. The van der Waals surface area contributed by atoms with Crippen molar-refractivity contribution in [1.82, 2.24) is 0 Å². The molecule has 2 nitrogen and oxygen atoms in total. The van der Waals surface area contributed by atoms with Crippen LogP contribution >= 0.6 is 34.8 Å². The molecule has 0 radical (unpaired) electrons. The van der Waals surface area contributed by atoms with Crippen molar-refractivity contribution in [3.05, 3.63) is 33.8 Å². The number of rotatable bonds is 2. The lowest BCUT2D eigenvalue weighted by Gasteiger charge is -2.06. The van der Waals surface area contributed by atoms with Gasteiger partial charge < -0.3 is 5.11 Å². The molecule has 70 valence electrons. The number of hydrogen-bond acceptors (Lipinski definition) is 2. The first-order valence-electron chi connectivity index (χ1n) is 3.34. The van der Waals surface area contributed by atoms with Crippen LogP contribution in [0.4, 0.5) is 0 Å². The highest BCUT2D eigenvalue weighted by Crippen LogP contribution is 2.26. The summed E-state index contributed by atoms with van der Waals surface area (Å²) in [6.45, 7) is 0. The van der Waals surface area contributed by atoms with Gasteiger partial charge in [0.05, 0.1) is 10.0 Å². The summed E-state index contributed by atoms with van der Waals surface area (Å²) in [5.74, 6) is 0. The summed E-state index contributed by atoms with van der Waals surface area (Å²) in [6.07, 6.45) is -1.35. The molecule has 0 aromatic heterocycles. The molecular formula is C8H5Cl3O2. The molecule has 0 saturated carbocycles. The lowest BCUT2D eigenvalue weighted by molar-refractivity contribution is -0.119. The maximum atomic E-state index is 10.6. The minimum Gasteiger partial charge on any atom is -0.379 e. The monoisotopic (exact) mass is 238 g/mol. The molecule has 0 saturated heterocycles. The van der Waals surface area contributed by atoms with Gasteiger partial charge in [-0.1, -0.05) is 29.3 Å². The Bertz CT molecular complexity index is 338. The summed E-state index contributed by atoms with van der Waals surface area (Å²) in [6, 6.07) is 4.37. The lowest BCUT2D eigenvalue weighted by Crippen LogP contribution is -2.04. The van der Waals surface area contributed by atoms with Crippen molar-refractivity contribution in [2.45, 2.75) is 6.10 Å². The van der Waals surface area contributed by atoms with E-state index >= 15 is 0 Å². The lowest BCUT2D eigenvalue weighted by atomic mass is 10.1. The topological polar surface area (TPSA) is 37.3 Å². The number of carbonyl (C=O) groups is 1. The van der Waals surface area contributed by atoms with Crippen molar-refractivity contribution >= 4 is 40.0 Å². The van der Waals surface area contributed by atoms with E-state index in [1.165, 1.54) is 18.2 Å². The van der Waals surface area contributed by atoms with E-state index in [1.54, 1.807) is 0 Å². The molecule has 0 amide bonds. The zero-order valence-electron chi connectivity index (χ0n) is 6.30. The first kappa shape index (κ1) is 10.8.